The second-order valence-corrected chi connectivity index (χ2v) is 5.72. The van der Waals surface area contributed by atoms with Crippen LogP contribution in [0.4, 0.5) is 0 Å². The van der Waals surface area contributed by atoms with Gasteiger partial charge in [-0.15, -0.1) is 12.4 Å². The minimum Gasteiger partial charge on any atom is -0.506 e. The first kappa shape index (κ1) is 15.1. The number of phenols is 1. The van der Waals surface area contributed by atoms with Gasteiger partial charge in [-0.05, 0) is 30.9 Å². The summed E-state index contributed by atoms with van der Waals surface area (Å²) in [6, 6.07) is 3.43. The minimum absolute atomic E-state index is 0. The van der Waals surface area contributed by atoms with Crippen LogP contribution in [0.15, 0.2) is 16.6 Å². The molecule has 1 saturated carbocycles. The highest BCUT2D eigenvalue weighted by Crippen LogP contribution is 2.40. The third kappa shape index (κ3) is 3.28. The van der Waals surface area contributed by atoms with Crippen LogP contribution < -0.4 is 5.73 Å². The standard InChI is InChI=1S/C12H15BrClNO.ClH/c13-8-5-9(12(16)10(14)6-8)11(15)7-3-1-2-4-7;/h5-7,11,16H,1-4,15H2;1H/t11-;/m0./s1. The van der Waals surface area contributed by atoms with Crippen molar-refractivity contribution in [2.24, 2.45) is 11.7 Å². The van der Waals surface area contributed by atoms with Crippen LogP contribution in [0.25, 0.3) is 0 Å². The average Bonchev–Trinajstić information content (AvgIpc) is 2.75. The van der Waals surface area contributed by atoms with Gasteiger partial charge in [-0.25, -0.2) is 0 Å². The monoisotopic (exact) mass is 339 g/mol. The van der Waals surface area contributed by atoms with Crippen molar-refractivity contribution >= 4 is 39.9 Å². The normalized spacial score (nSPS) is 17.8. The van der Waals surface area contributed by atoms with E-state index in [9.17, 15) is 5.11 Å². The number of hydrogen-bond acceptors (Lipinski definition) is 2. The zero-order valence-electron chi connectivity index (χ0n) is 9.33. The van der Waals surface area contributed by atoms with E-state index in [1.165, 1.54) is 12.8 Å². The Morgan fingerprint density at radius 3 is 2.53 bits per heavy atom. The first-order chi connectivity index (χ1) is 7.59. The quantitative estimate of drug-likeness (QED) is 0.837. The molecule has 1 fully saturated rings. The predicted molar refractivity (Wildman–Crippen MR) is 77.0 cm³/mol. The molecule has 2 nitrogen and oxygen atoms in total. The third-order valence-corrected chi connectivity index (χ3v) is 4.07. The molecule has 1 aromatic carbocycles. The summed E-state index contributed by atoms with van der Waals surface area (Å²) < 4.78 is 0.860. The minimum atomic E-state index is -0.113. The first-order valence-corrected chi connectivity index (χ1v) is 6.70. The molecule has 5 heteroatoms. The van der Waals surface area contributed by atoms with Gasteiger partial charge in [0, 0.05) is 16.1 Å². The van der Waals surface area contributed by atoms with Crippen LogP contribution in [0.5, 0.6) is 5.75 Å². The van der Waals surface area contributed by atoms with Gasteiger partial charge in [0.05, 0.1) is 5.02 Å². The Bertz CT molecular complexity index is 394. The summed E-state index contributed by atoms with van der Waals surface area (Å²) in [5.41, 5.74) is 6.96. The largest absolute Gasteiger partial charge is 0.506 e. The fourth-order valence-electron chi connectivity index (χ4n) is 2.41. The number of phenolic OH excluding ortho intramolecular Hbond substituents is 1. The van der Waals surface area contributed by atoms with Gasteiger partial charge in [-0.2, -0.15) is 0 Å². The molecular weight excluding hydrogens is 325 g/mol. The number of benzene rings is 1. The van der Waals surface area contributed by atoms with Crippen LogP contribution >= 0.6 is 39.9 Å². The predicted octanol–water partition coefficient (Wildman–Crippen LogP) is 4.42. The van der Waals surface area contributed by atoms with E-state index >= 15 is 0 Å². The van der Waals surface area contributed by atoms with Crippen LogP contribution in [0.3, 0.4) is 0 Å². The molecule has 0 aliphatic heterocycles. The Hall–Kier alpha value is 0.0400. The lowest BCUT2D eigenvalue weighted by Crippen LogP contribution is -2.19. The summed E-state index contributed by atoms with van der Waals surface area (Å²) >= 11 is 9.31. The van der Waals surface area contributed by atoms with Crippen LogP contribution in [-0.2, 0) is 0 Å². The lowest BCUT2D eigenvalue weighted by molar-refractivity contribution is 0.412. The Labute approximate surface area is 121 Å². The Morgan fingerprint density at radius 1 is 1.35 bits per heavy atom. The van der Waals surface area contributed by atoms with Crippen molar-refractivity contribution in [3.05, 3.63) is 27.2 Å². The molecule has 0 bridgehead atoms. The molecule has 3 N–H and O–H groups in total. The maximum atomic E-state index is 9.92. The Kier molecular flexibility index (Phi) is 5.58. The van der Waals surface area contributed by atoms with Gasteiger partial charge in [-0.3, -0.25) is 0 Å². The van der Waals surface area contributed by atoms with Crippen molar-refractivity contribution in [1.82, 2.24) is 0 Å². The molecule has 0 aromatic heterocycles. The number of rotatable bonds is 2. The van der Waals surface area contributed by atoms with Gasteiger partial charge in [0.25, 0.3) is 0 Å². The van der Waals surface area contributed by atoms with E-state index in [-0.39, 0.29) is 24.2 Å². The molecule has 2 rings (SSSR count). The van der Waals surface area contributed by atoms with E-state index in [0.717, 1.165) is 22.9 Å². The van der Waals surface area contributed by atoms with Gasteiger partial charge in [0.2, 0.25) is 0 Å². The molecule has 0 heterocycles. The number of hydrogen-bond donors (Lipinski definition) is 2. The summed E-state index contributed by atoms with van der Waals surface area (Å²) in [7, 11) is 0. The molecule has 0 saturated heterocycles. The number of nitrogens with two attached hydrogens (primary N) is 1. The SMILES string of the molecule is Cl.N[C@H](c1cc(Br)cc(Cl)c1O)C1CCCC1. The van der Waals surface area contributed by atoms with Crippen molar-refractivity contribution in [3.8, 4) is 5.75 Å². The summed E-state index contributed by atoms with van der Waals surface area (Å²) in [6.45, 7) is 0. The zero-order chi connectivity index (χ0) is 11.7. The van der Waals surface area contributed by atoms with E-state index in [2.05, 4.69) is 15.9 Å². The molecule has 0 unspecified atom stereocenters. The lowest BCUT2D eigenvalue weighted by atomic mass is 9.92. The molecule has 1 aliphatic carbocycles. The van der Waals surface area contributed by atoms with Crippen molar-refractivity contribution < 1.29 is 5.11 Å². The average molecular weight is 341 g/mol. The highest BCUT2D eigenvalue weighted by Gasteiger charge is 2.26. The van der Waals surface area contributed by atoms with Gasteiger partial charge in [0.1, 0.15) is 5.75 Å². The van der Waals surface area contributed by atoms with E-state index < -0.39 is 0 Å². The van der Waals surface area contributed by atoms with Crippen LogP contribution in [0.1, 0.15) is 37.3 Å². The lowest BCUT2D eigenvalue weighted by Gasteiger charge is -2.21. The molecule has 0 radical (unpaired) electrons. The molecule has 1 aliphatic rings. The topological polar surface area (TPSA) is 46.2 Å². The van der Waals surface area contributed by atoms with Crippen molar-refractivity contribution in [1.29, 1.82) is 0 Å². The maximum Gasteiger partial charge on any atom is 0.139 e. The van der Waals surface area contributed by atoms with Crippen LogP contribution in [-0.4, -0.2) is 5.11 Å². The molecule has 0 spiro atoms. The summed E-state index contributed by atoms with van der Waals surface area (Å²) in [6.07, 6.45) is 4.76. The maximum absolute atomic E-state index is 9.92. The first-order valence-electron chi connectivity index (χ1n) is 5.53. The Morgan fingerprint density at radius 2 is 1.94 bits per heavy atom. The number of aromatic hydroxyl groups is 1. The highest BCUT2D eigenvalue weighted by molar-refractivity contribution is 9.10. The molecule has 1 aromatic rings. The fraction of sp³-hybridized carbons (Fsp3) is 0.500. The van der Waals surface area contributed by atoms with Gasteiger partial charge in [0.15, 0.2) is 0 Å². The highest BCUT2D eigenvalue weighted by atomic mass is 79.9. The van der Waals surface area contributed by atoms with E-state index in [0.29, 0.717) is 10.9 Å². The third-order valence-electron chi connectivity index (χ3n) is 3.32. The van der Waals surface area contributed by atoms with Crippen molar-refractivity contribution in [2.75, 3.05) is 0 Å². The Balaban J connectivity index is 0.00000144. The van der Waals surface area contributed by atoms with Crippen LogP contribution in [0, 0.1) is 5.92 Å². The van der Waals surface area contributed by atoms with Crippen molar-refractivity contribution in [3.63, 3.8) is 0 Å². The summed E-state index contributed by atoms with van der Waals surface area (Å²) in [5.74, 6) is 0.598. The van der Waals surface area contributed by atoms with Gasteiger partial charge < -0.3 is 10.8 Å². The molecule has 0 amide bonds. The van der Waals surface area contributed by atoms with Gasteiger partial charge in [-0.1, -0.05) is 40.4 Å². The van der Waals surface area contributed by atoms with Crippen molar-refractivity contribution in [2.45, 2.75) is 31.7 Å². The zero-order valence-corrected chi connectivity index (χ0v) is 12.5. The second-order valence-electron chi connectivity index (χ2n) is 4.40. The molecule has 96 valence electrons. The molecular formula is C12H16BrCl2NO. The molecule has 1 atom stereocenters. The summed E-state index contributed by atoms with van der Waals surface area (Å²) in [4.78, 5) is 0. The smallest absolute Gasteiger partial charge is 0.139 e. The fourth-order valence-corrected chi connectivity index (χ4v) is 3.24. The van der Waals surface area contributed by atoms with Gasteiger partial charge >= 0.3 is 0 Å². The summed E-state index contributed by atoms with van der Waals surface area (Å²) in [5, 5.41) is 10.3. The van der Waals surface area contributed by atoms with E-state index in [4.69, 9.17) is 17.3 Å². The van der Waals surface area contributed by atoms with E-state index in [1.807, 2.05) is 6.07 Å². The second kappa shape index (κ2) is 6.28. The van der Waals surface area contributed by atoms with E-state index in [1.54, 1.807) is 6.07 Å². The molecule has 17 heavy (non-hydrogen) atoms. The van der Waals surface area contributed by atoms with Crippen LogP contribution in [0.2, 0.25) is 5.02 Å². The number of halogens is 3.